The normalized spacial score (nSPS) is 14.0. The highest BCUT2D eigenvalue weighted by Crippen LogP contribution is 2.26. The fraction of sp³-hybridized carbons (Fsp3) is 0.500. The number of carbonyl (C=O) groups excluding carboxylic acids is 1. The van der Waals surface area contributed by atoms with Crippen LogP contribution in [-0.2, 0) is 17.8 Å². The maximum absolute atomic E-state index is 15.3. The lowest BCUT2D eigenvalue weighted by Gasteiger charge is -2.26. The van der Waals surface area contributed by atoms with Gasteiger partial charge >= 0.3 is 5.97 Å². The molecule has 1 aromatic carbocycles. The molecule has 0 radical (unpaired) electrons. The van der Waals surface area contributed by atoms with E-state index >= 15 is 4.39 Å². The van der Waals surface area contributed by atoms with Crippen molar-refractivity contribution in [2.75, 3.05) is 13.2 Å². The Labute approximate surface area is 197 Å². The lowest BCUT2D eigenvalue weighted by molar-refractivity contribution is -0.0519. The number of benzene rings is 1. The number of halogens is 2. The highest BCUT2D eigenvalue weighted by atomic mass is 19.1. The second-order valence-electron chi connectivity index (χ2n) is 7.75. The van der Waals surface area contributed by atoms with E-state index in [9.17, 15) is 24.2 Å². The minimum Gasteiger partial charge on any atom is -0.488 e. The standard InChI is InChI=1S/C24H32F2N2O6/c1-4-33-23-21(24(32)34-5-2)28(14-19(29)30)13-17(22(23)31)20(18(26)11-15(3)25)27-12-16-9-7-6-8-10-16/h6-10,13,15,18-20,27,29-30H,4-5,11-12,14H2,1-3H3. The first-order valence-corrected chi connectivity index (χ1v) is 11.2. The fourth-order valence-electron chi connectivity index (χ4n) is 3.59. The molecule has 1 aromatic heterocycles. The first-order chi connectivity index (χ1) is 16.2. The second-order valence-corrected chi connectivity index (χ2v) is 7.75. The average Bonchev–Trinajstić information content (AvgIpc) is 2.77. The summed E-state index contributed by atoms with van der Waals surface area (Å²) in [5.41, 5.74) is -0.413. The second kappa shape index (κ2) is 13.2. The summed E-state index contributed by atoms with van der Waals surface area (Å²) in [4.78, 5) is 26.0. The molecule has 0 bridgehead atoms. The predicted octanol–water partition coefficient (Wildman–Crippen LogP) is 2.65. The molecule has 0 spiro atoms. The molecular formula is C24H32F2N2O6. The summed E-state index contributed by atoms with van der Waals surface area (Å²) >= 11 is 0. The van der Waals surface area contributed by atoms with Crippen LogP contribution < -0.4 is 15.5 Å². The van der Waals surface area contributed by atoms with Gasteiger partial charge in [0, 0.05) is 24.7 Å². The van der Waals surface area contributed by atoms with E-state index in [-0.39, 0.29) is 31.0 Å². The van der Waals surface area contributed by atoms with Gasteiger partial charge in [0.15, 0.2) is 17.7 Å². The topological polar surface area (TPSA) is 110 Å². The van der Waals surface area contributed by atoms with Crippen molar-refractivity contribution in [2.45, 2.75) is 65.0 Å². The molecule has 3 unspecified atom stereocenters. The number of hydrogen-bond donors (Lipinski definition) is 3. The number of rotatable bonds is 13. The van der Waals surface area contributed by atoms with Crippen LogP contribution in [0.5, 0.6) is 5.75 Å². The summed E-state index contributed by atoms with van der Waals surface area (Å²) in [5.74, 6) is -1.30. The number of pyridine rings is 1. The van der Waals surface area contributed by atoms with Gasteiger partial charge in [-0.1, -0.05) is 30.3 Å². The molecule has 0 aliphatic carbocycles. The van der Waals surface area contributed by atoms with Crippen LogP contribution in [0.25, 0.3) is 0 Å². The highest BCUT2D eigenvalue weighted by molar-refractivity contribution is 5.90. The van der Waals surface area contributed by atoms with Crippen molar-refractivity contribution in [1.29, 1.82) is 0 Å². The summed E-state index contributed by atoms with van der Waals surface area (Å²) in [6, 6.07) is 7.79. The molecule has 0 aliphatic rings. The summed E-state index contributed by atoms with van der Waals surface area (Å²) in [5, 5.41) is 22.1. The van der Waals surface area contributed by atoms with Crippen molar-refractivity contribution in [3.8, 4) is 5.75 Å². The summed E-state index contributed by atoms with van der Waals surface area (Å²) in [6.45, 7) is 4.07. The van der Waals surface area contributed by atoms with Gasteiger partial charge in [0.1, 0.15) is 12.3 Å². The molecule has 0 saturated heterocycles. The molecule has 2 aromatic rings. The Kier molecular flexibility index (Phi) is 10.6. The van der Waals surface area contributed by atoms with Gasteiger partial charge in [-0.05, 0) is 26.3 Å². The number of carbonyl (C=O) groups is 1. The first kappa shape index (κ1) is 27.4. The molecule has 1 heterocycles. The molecule has 0 saturated carbocycles. The van der Waals surface area contributed by atoms with Crippen LogP contribution in [0.3, 0.4) is 0 Å². The lowest BCUT2D eigenvalue weighted by atomic mass is 9.98. The molecule has 10 heteroatoms. The van der Waals surface area contributed by atoms with Crippen LogP contribution in [0.4, 0.5) is 8.78 Å². The Morgan fingerprint density at radius 2 is 1.82 bits per heavy atom. The summed E-state index contributed by atoms with van der Waals surface area (Å²) in [7, 11) is 0. The molecule has 188 valence electrons. The van der Waals surface area contributed by atoms with Gasteiger partial charge in [0.05, 0.1) is 25.8 Å². The zero-order valence-corrected chi connectivity index (χ0v) is 19.5. The third-order valence-electron chi connectivity index (χ3n) is 5.00. The van der Waals surface area contributed by atoms with Gasteiger partial charge in [-0.3, -0.25) is 4.79 Å². The van der Waals surface area contributed by atoms with Crippen LogP contribution in [0.2, 0.25) is 0 Å². The highest BCUT2D eigenvalue weighted by Gasteiger charge is 2.32. The van der Waals surface area contributed by atoms with Crippen LogP contribution in [0.15, 0.2) is 41.3 Å². The van der Waals surface area contributed by atoms with E-state index in [1.165, 1.54) is 6.92 Å². The zero-order chi connectivity index (χ0) is 25.3. The number of alkyl halides is 2. The van der Waals surface area contributed by atoms with Gasteiger partial charge < -0.3 is 29.6 Å². The van der Waals surface area contributed by atoms with Crippen LogP contribution in [0.1, 0.15) is 54.8 Å². The van der Waals surface area contributed by atoms with Crippen molar-refractivity contribution in [3.63, 3.8) is 0 Å². The number of nitrogens with one attached hydrogen (secondary N) is 1. The molecule has 2 rings (SSSR count). The monoisotopic (exact) mass is 482 g/mol. The minimum absolute atomic E-state index is 0.00418. The lowest BCUT2D eigenvalue weighted by Crippen LogP contribution is -2.37. The summed E-state index contributed by atoms with van der Waals surface area (Å²) in [6.07, 6.45) is -4.47. The van der Waals surface area contributed by atoms with E-state index in [1.807, 2.05) is 18.2 Å². The Balaban J connectivity index is 2.65. The number of esters is 1. The van der Waals surface area contributed by atoms with E-state index in [1.54, 1.807) is 26.0 Å². The van der Waals surface area contributed by atoms with Gasteiger partial charge in [-0.25, -0.2) is 13.6 Å². The van der Waals surface area contributed by atoms with E-state index in [0.717, 1.165) is 16.3 Å². The van der Waals surface area contributed by atoms with Crippen LogP contribution in [0, 0.1) is 0 Å². The van der Waals surface area contributed by atoms with E-state index < -0.39 is 54.8 Å². The maximum atomic E-state index is 15.3. The molecular weight excluding hydrogens is 450 g/mol. The first-order valence-electron chi connectivity index (χ1n) is 11.2. The number of nitrogens with zero attached hydrogens (tertiary/aromatic N) is 1. The van der Waals surface area contributed by atoms with Crippen LogP contribution in [-0.4, -0.2) is 52.6 Å². The number of aromatic nitrogens is 1. The molecule has 0 aliphatic heterocycles. The predicted molar refractivity (Wildman–Crippen MR) is 122 cm³/mol. The maximum Gasteiger partial charge on any atom is 0.359 e. The molecule has 3 atom stereocenters. The number of aliphatic hydroxyl groups excluding tert-OH is 1. The fourth-order valence-corrected chi connectivity index (χ4v) is 3.59. The third kappa shape index (κ3) is 7.34. The van der Waals surface area contributed by atoms with E-state index in [0.29, 0.717) is 0 Å². The largest absolute Gasteiger partial charge is 0.488 e. The molecule has 3 N–H and O–H groups in total. The van der Waals surface area contributed by atoms with Crippen molar-refractivity contribution < 1.29 is 33.3 Å². The Morgan fingerprint density at radius 3 is 2.38 bits per heavy atom. The smallest absolute Gasteiger partial charge is 0.359 e. The molecule has 34 heavy (non-hydrogen) atoms. The van der Waals surface area contributed by atoms with Gasteiger partial charge in [0.2, 0.25) is 5.43 Å². The molecule has 0 amide bonds. The van der Waals surface area contributed by atoms with Crippen molar-refractivity contribution in [2.24, 2.45) is 0 Å². The van der Waals surface area contributed by atoms with Crippen molar-refractivity contribution >= 4 is 5.97 Å². The van der Waals surface area contributed by atoms with Gasteiger partial charge in [0.25, 0.3) is 0 Å². The third-order valence-corrected chi connectivity index (χ3v) is 5.00. The Morgan fingerprint density at radius 1 is 1.15 bits per heavy atom. The van der Waals surface area contributed by atoms with Crippen molar-refractivity contribution in [3.05, 3.63) is 63.6 Å². The SMILES string of the molecule is CCOC(=O)c1c(OCC)c(=O)c(C(NCc2ccccc2)C(F)CC(C)F)cn1CC(O)O. The van der Waals surface area contributed by atoms with E-state index in [4.69, 9.17) is 9.47 Å². The number of hydrogen-bond acceptors (Lipinski definition) is 7. The molecule has 0 fully saturated rings. The number of ether oxygens (including phenoxy) is 2. The Hall–Kier alpha value is -2.82. The number of aliphatic hydroxyl groups is 2. The Bertz CT molecular complexity index is 981. The minimum atomic E-state index is -1.89. The van der Waals surface area contributed by atoms with Crippen molar-refractivity contribution in [1.82, 2.24) is 9.88 Å². The molecule has 8 nitrogen and oxygen atoms in total. The quantitative estimate of drug-likeness (QED) is 0.297. The van der Waals surface area contributed by atoms with Gasteiger partial charge in [-0.15, -0.1) is 0 Å². The van der Waals surface area contributed by atoms with Gasteiger partial charge in [-0.2, -0.15) is 0 Å². The average molecular weight is 483 g/mol. The van der Waals surface area contributed by atoms with E-state index in [2.05, 4.69) is 5.32 Å². The summed E-state index contributed by atoms with van der Waals surface area (Å²) < 4.78 is 40.5. The van der Waals surface area contributed by atoms with Crippen LogP contribution >= 0.6 is 0 Å². The zero-order valence-electron chi connectivity index (χ0n) is 19.5.